The van der Waals surface area contributed by atoms with E-state index in [9.17, 15) is 4.79 Å². The first-order valence-electron chi connectivity index (χ1n) is 8.40. The summed E-state index contributed by atoms with van der Waals surface area (Å²) in [6.07, 6.45) is 5.28. The Labute approximate surface area is 133 Å². The quantitative estimate of drug-likeness (QED) is 0.859. The molecule has 22 heavy (non-hydrogen) atoms. The van der Waals surface area contributed by atoms with Crippen molar-refractivity contribution in [3.05, 3.63) is 35.4 Å². The fourth-order valence-corrected chi connectivity index (χ4v) is 4.29. The molecule has 3 nitrogen and oxygen atoms in total. The third-order valence-electron chi connectivity index (χ3n) is 5.47. The van der Waals surface area contributed by atoms with E-state index < -0.39 is 0 Å². The zero-order chi connectivity index (χ0) is 15.7. The second-order valence-corrected chi connectivity index (χ2v) is 7.74. The van der Waals surface area contributed by atoms with Gasteiger partial charge in [0.25, 0.3) is 0 Å². The van der Waals surface area contributed by atoms with Crippen molar-refractivity contribution in [3.8, 4) is 0 Å². The molecule has 3 rings (SSSR count). The Morgan fingerprint density at radius 3 is 2.45 bits per heavy atom. The van der Waals surface area contributed by atoms with Crippen LogP contribution < -0.4 is 5.32 Å². The van der Waals surface area contributed by atoms with Gasteiger partial charge in [-0.3, -0.25) is 0 Å². The van der Waals surface area contributed by atoms with Crippen molar-refractivity contribution in [2.45, 2.75) is 45.6 Å². The molecule has 0 aromatic heterocycles. The van der Waals surface area contributed by atoms with Gasteiger partial charge in [0.1, 0.15) is 0 Å². The highest BCUT2D eigenvalue weighted by atomic mass is 16.5. The lowest BCUT2D eigenvalue weighted by atomic mass is 9.58. The van der Waals surface area contributed by atoms with E-state index >= 15 is 0 Å². The number of benzene rings is 1. The summed E-state index contributed by atoms with van der Waals surface area (Å²) in [5.41, 5.74) is 2.48. The molecule has 0 spiro atoms. The Morgan fingerprint density at radius 1 is 1.18 bits per heavy atom. The predicted octanol–water partition coefficient (Wildman–Crippen LogP) is 3.95. The Balaban J connectivity index is 1.63. The highest BCUT2D eigenvalue weighted by Gasteiger charge is 2.41. The van der Waals surface area contributed by atoms with E-state index in [1.54, 1.807) is 0 Å². The van der Waals surface area contributed by atoms with E-state index in [1.807, 2.05) is 12.1 Å². The monoisotopic (exact) mass is 301 g/mol. The van der Waals surface area contributed by atoms with Crippen LogP contribution in [0.1, 0.15) is 61.5 Å². The summed E-state index contributed by atoms with van der Waals surface area (Å²) < 4.78 is 4.76. The molecular formula is C19H27NO2. The molecule has 0 bridgehead atoms. The van der Waals surface area contributed by atoms with Crippen LogP contribution in [0.4, 0.5) is 0 Å². The smallest absolute Gasteiger partial charge is 0.337 e. The van der Waals surface area contributed by atoms with E-state index in [4.69, 9.17) is 4.74 Å². The van der Waals surface area contributed by atoms with Gasteiger partial charge < -0.3 is 10.1 Å². The van der Waals surface area contributed by atoms with Gasteiger partial charge in [-0.1, -0.05) is 26.0 Å². The van der Waals surface area contributed by atoms with E-state index in [2.05, 4.69) is 31.3 Å². The van der Waals surface area contributed by atoms with E-state index in [-0.39, 0.29) is 5.97 Å². The minimum atomic E-state index is -0.266. The molecule has 1 aromatic rings. The highest BCUT2D eigenvalue weighted by molar-refractivity contribution is 5.89. The third kappa shape index (κ3) is 3.19. The molecule has 2 fully saturated rings. The van der Waals surface area contributed by atoms with Gasteiger partial charge in [0.05, 0.1) is 12.7 Å². The third-order valence-corrected chi connectivity index (χ3v) is 5.47. The number of piperidine rings is 1. The fourth-order valence-electron chi connectivity index (χ4n) is 4.29. The van der Waals surface area contributed by atoms with Gasteiger partial charge in [-0.05, 0) is 67.2 Å². The second-order valence-electron chi connectivity index (χ2n) is 7.74. The summed E-state index contributed by atoms with van der Waals surface area (Å²) in [5.74, 6) is 1.49. The van der Waals surface area contributed by atoms with Crippen LogP contribution in [-0.4, -0.2) is 19.6 Å². The number of nitrogens with one attached hydrogen (secondary N) is 1. The summed E-state index contributed by atoms with van der Waals surface area (Å²) >= 11 is 0. The average Bonchev–Trinajstić information content (AvgIpc) is 2.52. The Morgan fingerprint density at radius 2 is 1.86 bits per heavy atom. The maximum atomic E-state index is 11.5. The van der Waals surface area contributed by atoms with Crippen LogP contribution in [0.2, 0.25) is 0 Å². The van der Waals surface area contributed by atoms with Gasteiger partial charge in [0, 0.05) is 6.04 Å². The van der Waals surface area contributed by atoms with Crippen LogP contribution in [0, 0.1) is 17.3 Å². The first kappa shape index (κ1) is 15.5. The molecule has 1 saturated carbocycles. The number of ether oxygens (including phenoxy) is 1. The van der Waals surface area contributed by atoms with Crippen LogP contribution in [0.15, 0.2) is 24.3 Å². The van der Waals surface area contributed by atoms with E-state index in [0.717, 1.165) is 18.4 Å². The maximum Gasteiger partial charge on any atom is 0.337 e. The normalized spacial score (nSPS) is 28.0. The van der Waals surface area contributed by atoms with Gasteiger partial charge >= 0.3 is 5.97 Å². The summed E-state index contributed by atoms with van der Waals surface area (Å²) in [4.78, 5) is 11.5. The lowest BCUT2D eigenvalue weighted by molar-refractivity contribution is 0.0298. The highest BCUT2D eigenvalue weighted by Crippen LogP contribution is 2.51. The lowest BCUT2D eigenvalue weighted by Gasteiger charge is -2.49. The van der Waals surface area contributed by atoms with Crippen LogP contribution in [-0.2, 0) is 4.74 Å². The molecule has 1 heterocycles. The molecule has 120 valence electrons. The molecule has 1 aliphatic carbocycles. The minimum absolute atomic E-state index is 0.266. The van der Waals surface area contributed by atoms with Gasteiger partial charge in [-0.15, -0.1) is 0 Å². The Bertz CT molecular complexity index is 527. The number of esters is 1. The standard InChI is InChI=1S/C19H27NO2/c1-19(2)11-16(12-19)15-8-9-20-17(10-15)13-4-6-14(7-5-13)18(21)22-3/h4-7,15-17,20H,8-12H2,1-3H3/t15?,17-/m0/s1. The van der Waals surface area contributed by atoms with Crippen LogP contribution >= 0.6 is 0 Å². The molecule has 0 radical (unpaired) electrons. The van der Waals surface area contributed by atoms with Crippen molar-refractivity contribution in [2.24, 2.45) is 17.3 Å². The summed E-state index contributed by atoms with van der Waals surface area (Å²) in [7, 11) is 1.42. The molecule has 1 aromatic carbocycles. The average molecular weight is 301 g/mol. The molecule has 0 amide bonds. The molecule has 2 aliphatic rings. The van der Waals surface area contributed by atoms with E-state index in [0.29, 0.717) is 17.0 Å². The number of rotatable bonds is 3. The molecule has 1 unspecified atom stereocenters. The van der Waals surface area contributed by atoms with E-state index in [1.165, 1.54) is 38.4 Å². The zero-order valence-corrected chi connectivity index (χ0v) is 13.9. The van der Waals surface area contributed by atoms with Crippen molar-refractivity contribution >= 4 is 5.97 Å². The Kier molecular flexibility index (Phi) is 4.26. The summed E-state index contributed by atoms with van der Waals surface area (Å²) in [6.45, 7) is 5.87. The van der Waals surface area contributed by atoms with Crippen molar-refractivity contribution in [1.82, 2.24) is 5.32 Å². The van der Waals surface area contributed by atoms with Crippen molar-refractivity contribution in [3.63, 3.8) is 0 Å². The molecule has 1 N–H and O–H groups in total. The molecular weight excluding hydrogens is 274 g/mol. The minimum Gasteiger partial charge on any atom is -0.465 e. The fraction of sp³-hybridized carbons (Fsp3) is 0.632. The SMILES string of the molecule is COC(=O)c1ccc([C@@H]2CC(C3CC(C)(C)C3)CCN2)cc1. The van der Waals surface area contributed by atoms with Gasteiger partial charge in [-0.25, -0.2) is 4.79 Å². The van der Waals surface area contributed by atoms with Crippen molar-refractivity contribution < 1.29 is 9.53 Å². The molecule has 1 saturated heterocycles. The number of carbonyl (C=O) groups excluding carboxylic acids is 1. The topological polar surface area (TPSA) is 38.3 Å². The van der Waals surface area contributed by atoms with Crippen LogP contribution in [0.5, 0.6) is 0 Å². The molecule has 3 heteroatoms. The van der Waals surface area contributed by atoms with Crippen LogP contribution in [0.3, 0.4) is 0 Å². The summed E-state index contributed by atoms with van der Waals surface area (Å²) in [6, 6.07) is 8.31. The number of hydrogen-bond acceptors (Lipinski definition) is 3. The number of carbonyl (C=O) groups is 1. The van der Waals surface area contributed by atoms with Crippen molar-refractivity contribution in [1.29, 1.82) is 0 Å². The maximum absolute atomic E-state index is 11.5. The first-order valence-corrected chi connectivity index (χ1v) is 8.40. The largest absolute Gasteiger partial charge is 0.465 e. The van der Waals surface area contributed by atoms with Crippen molar-refractivity contribution in [2.75, 3.05) is 13.7 Å². The van der Waals surface area contributed by atoms with Gasteiger partial charge in [0.2, 0.25) is 0 Å². The first-order chi connectivity index (χ1) is 10.5. The zero-order valence-electron chi connectivity index (χ0n) is 13.9. The second kappa shape index (κ2) is 6.04. The van der Waals surface area contributed by atoms with Crippen LogP contribution in [0.25, 0.3) is 0 Å². The summed E-state index contributed by atoms with van der Waals surface area (Å²) in [5, 5.41) is 3.64. The predicted molar refractivity (Wildman–Crippen MR) is 87.8 cm³/mol. The molecule has 2 atom stereocenters. The lowest BCUT2D eigenvalue weighted by Crippen LogP contribution is -2.42. The Hall–Kier alpha value is -1.35. The molecule has 1 aliphatic heterocycles. The number of hydrogen-bond donors (Lipinski definition) is 1. The van der Waals surface area contributed by atoms with Gasteiger partial charge in [0.15, 0.2) is 0 Å². The van der Waals surface area contributed by atoms with Gasteiger partial charge in [-0.2, -0.15) is 0 Å². The number of methoxy groups -OCH3 is 1.